The Morgan fingerprint density at radius 1 is 0.741 bits per heavy atom. The molecule has 1 atom stereocenters. The molecule has 0 rings (SSSR count). The molecule has 0 aliphatic heterocycles. The first-order valence-electron chi connectivity index (χ1n) is 11.5. The molecule has 0 heterocycles. The van der Waals surface area contributed by atoms with Crippen LogP contribution in [0.4, 0.5) is 0 Å². The molecule has 0 saturated carbocycles. The van der Waals surface area contributed by atoms with Crippen molar-refractivity contribution in [2.45, 2.75) is 104 Å². The Morgan fingerprint density at radius 2 is 1.33 bits per heavy atom. The van der Waals surface area contributed by atoms with Crippen molar-refractivity contribution in [1.82, 2.24) is 0 Å². The van der Waals surface area contributed by atoms with Gasteiger partial charge in [-0.05, 0) is 25.2 Å². The SMILES string of the molecule is CCCCCCCCC(CCCCCC)COC(=O)CCCOCCOC. The molecule has 0 bridgehead atoms. The highest BCUT2D eigenvalue weighted by molar-refractivity contribution is 5.69. The summed E-state index contributed by atoms with van der Waals surface area (Å²) in [5, 5.41) is 0. The summed E-state index contributed by atoms with van der Waals surface area (Å²) in [6, 6.07) is 0. The average molecular weight is 387 g/mol. The molecule has 0 spiro atoms. The predicted molar refractivity (Wildman–Crippen MR) is 113 cm³/mol. The Morgan fingerprint density at radius 3 is 1.96 bits per heavy atom. The van der Waals surface area contributed by atoms with Gasteiger partial charge in [0.25, 0.3) is 0 Å². The molecule has 0 aromatic heterocycles. The zero-order valence-electron chi connectivity index (χ0n) is 18.4. The van der Waals surface area contributed by atoms with Crippen molar-refractivity contribution in [2.75, 3.05) is 33.5 Å². The van der Waals surface area contributed by atoms with Crippen LogP contribution in [-0.2, 0) is 19.0 Å². The van der Waals surface area contributed by atoms with Crippen LogP contribution in [0.15, 0.2) is 0 Å². The van der Waals surface area contributed by atoms with Gasteiger partial charge in [-0.1, -0.05) is 78.1 Å². The zero-order valence-corrected chi connectivity index (χ0v) is 18.4. The highest BCUT2D eigenvalue weighted by Gasteiger charge is 2.12. The van der Waals surface area contributed by atoms with Crippen LogP contribution in [0.3, 0.4) is 0 Å². The summed E-state index contributed by atoms with van der Waals surface area (Å²) in [5.74, 6) is 0.460. The monoisotopic (exact) mass is 386 g/mol. The van der Waals surface area contributed by atoms with Gasteiger partial charge in [-0.25, -0.2) is 0 Å². The molecule has 0 aliphatic rings. The fourth-order valence-electron chi connectivity index (χ4n) is 3.23. The second kappa shape index (κ2) is 21.7. The van der Waals surface area contributed by atoms with Crippen molar-refractivity contribution in [1.29, 1.82) is 0 Å². The topological polar surface area (TPSA) is 44.8 Å². The molecule has 4 nitrogen and oxygen atoms in total. The molecule has 0 aromatic carbocycles. The lowest BCUT2D eigenvalue weighted by Crippen LogP contribution is -2.15. The fourth-order valence-corrected chi connectivity index (χ4v) is 3.23. The Labute approximate surface area is 168 Å². The average Bonchev–Trinajstić information content (AvgIpc) is 2.67. The first-order valence-corrected chi connectivity index (χ1v) is 11.5. The van der Waals surface area contributed by atoms with E-state index in [4.69, 9.17) is 14.2 Å². The number of ether oxygens (including phenoxy) is 3. The van der Waals surface area contributed by atoms with Crippen molar-refractivity contribution in [3.8, 4) is 0 Å². The molecular formula is C23H46O4. The molecule has 0 radical (unpaired) electrons. The second-order valence-corrected chi connectivity index (χ2v) is 7.66. The van der Waals surface area contributed by atoms with E-state index in [9.17, 15) is 4.79 Å². The summed E-state index contributed by atoms with van der Waals surface area (Å²) < 4.78 is 15.9. The molecule has 162 valence electrons. The molecule has 1 unspecified atom stereocenters. The second-order valence-electron chi connectivity index (χ2n) is 7.66. The zero-order chi connectivity index (χ0) is 20.0. The minimum Gasteiger partial charge on any atom is -0.465 e. The Balaban J connectivity index is 3.89. The van der Waals surface area contributed by atoms with Gasteiger partial charge in [-0.2, -0.15) is 0 Å². The van der Waals surface area contributed by atoms with Gasteiger partial charge in [0.2, 0.25) is 0 Å². The van der Waals surface area contributed by atoms with E-state index in [2.05, 4.69) is 13.8 Å². The molecule has 0 aromatic rings. The molecule has 4 heteroatoms. The van der Waals surface area contributed by atoms with Gasteiger partial charge in [-0.15, -0.1) is 0 Å². The maximum Gasteiger partial charge on any atom is 0.305 e. The number of carbonyl (C=O) groups excluding carboxylic acids is 1. The maximum atomic E-state index is 12.0. The van der Waals surface area contributed by atoms with Crippen molar-refractivity contribution >= 4 is 5.97 Å². The van der Waals surface area contributed by atoms with E-state index in [1.54, 1.807) is 7.11 Å². The van der Waals surface area contributed by atoms with E-state index in [1.807, 2.05) is 0 Å². The van der Waals surface area contributed by atoms with E-state index in [0.29, 0.717) is 38.8 Å². The van der Waals surface area contributed by atoms with Crippen molar-refractivity contribution in [3.05, 3.63) is 0 Å². The van der Waals surface area contributed by atoms with Crippen molar-refractivity contribution < 1.29 is 19.0 Å². The minimum atomic E-state index is -0.0770. The number of esters is 1. The van der Waals surface area contributed by atoms with Crippen LogP contribution in [-0.4, -0.2) is 39.5 Å². The summed E-state index contributed by atoms with van der Waals surface area (Å²) >= 11 is 0. The van der Waals surface area contributed by atoms with Crippen LogP contribution in [0.1, 0.15) is 104 Å². The van der Waals surface area contributed by atoms with Gasteiger partial charge in [0.15, 0.2) is 0 Å². The minimum absolute atomic E-state index is 0.0770. The number of methoxy groups -OCH3 is 1. The molecule has 0 amide bonds. The third-order valence-electron chi connectivity index (χ3n) is 5.01. The van der Waals surface area contributed by atoms with E-state index < -0.39 is 0 Å². The summed E-state index contributed by atoms with van der Waals surface area (Å²) in [7, 11) is 1.66. The quantitative estimate of drug-likeness (QED) is 0.171. The molecule has 0 N–H and O–H groups in total. The lowest BCUT2D eigenvalue weighted by atomic mass is 9.95. The van der Waals surface area contributed by atoms with Gasteiger partial charge in [-0.3, -0.25) is 4.79 Å². The summed E-state index contributed by atoms with van der Waals surface area (Å²) in [6.45, 7) is 6.88. The molecule has 0 fully saturated rings. The van der Waals surface area contributed by atoms with Crippen LogP contribution in [0.5, 0.6) is 0 Å². The normalized spacial score (nSPS) is 12.3. The van der Waals surface area contributed by atoms with Crippen molar-refractivity contribution in [3.63, 3.8) is 0 Å². The highest BCUT2D eigenvalue weighted by Crippen LogP contribution is 2.19. The molecule has 0 saturated heterocycles. The van der Waals surface area contributed by atoms with Gasteiger partial charge >= 0.3 is 5.97 Å². The lowest BCUT2D eigenvalue weighted by molar-refractivity contribution is -0.145. The van der Waals surface area contributed by atoms with Crippen LogP contribution in [0.2, 0.25) is 0 Å². The largest absolute Gasteiger partial charge is 0.465 e. The number of carbonyl (C=O) groups is 1. The number of rotatable bonds is 21. The summed E-state index contributed by atoms with van der Waals surface area (Å²) in [5.41, 5.74) is 0. The van der Waals surface area contributed by atoms with Crippen molar-refractivity contribution in [2.24, 2.45) is 5.92 Å². The first kappa shape index (κ1) is 26.4. The fraction of sp³-hybridized carbons (Fsp3) is 0.957. The van der Waals surface area contributed by atoms with Gasteiger partial charge in [0.05, 0.1) is 19.8 Å². The summed E-state index contributed by atoms with van der Waals surface area (Å²) in [4.78, 5) is 12.0. The number of unbranched alkanes of at least 4 members (excludes halogenated alkanes) is 8. The standard InChI is InChI=1S/C23H46O4/c1-4-6-8-10-11-13-16-22(15-12-9-7-5-2)21-27-23(24)17-14-18-26-20-19-25-3/h22H,4-21H2,1-3H3. The van der Waals surface area contributed by atoms with E-state index in [1.165, 1.54) is 77.0 Å². The summed E-state index contributed by atoms with van der Waals surface area (Å²) in [6.07, 6.45) is 16.7. The van der Waals surface area contributed by atoms with E-state index in [-0.39, 0.29) is 5.97 Å². The van der Waals surface area contributed by atoms with Gasteiger partial charge < -0.3 is 14.2 Å². The number of hydrogen-bond donors (Lipinski definition) is 0. The van der Waals surface area contributed by atoms with Crippen LogP contribution in [0.25, 0.3) is 0 Å². The third kappa shape index (κ3) is 19.9. The Bertz CT molecular complexity index is 307. The third-order valence-corrected chi connectivity index (χ3v) is 5.01. The van der Waals surface area contributed by atoms with Crippen LogP contribution >= 0.6 is 0 Å². The molecule has 27 heavy (non-hydrogen) atoms. The Hall–Kier alpha value is -0.610. The molecule has 0 aliphatic carbocycles. The Kier molecular flexibility index (Phi) is 21.2. The maximum absolute atomic E-state index is 12.0. The number of hydrogen-bond acceptors (Lipinski definition) is 4. The van der Waals surface area contributed by atoms with Crippen LogP contribution in [0, 0.1) is 5.92 Å². The highest BCUT2D eigenvalue weighted by atomic mass is 16.5. The smallest absolute Gasteiger partial charge is 0.305 e. The van der Waals surface area contributed by atoms with E-state index >= 15 is 0 Å². The molecular weight excluding hydrogens is 340 g/mol. The van der Waals surface area contributed by atoms with Gasteiger partial charge in [0.1, 0.15) is 0 Å². The predicted octanol–water partition coefficient (Wildman–Crippen LogP) is 6.31. The first-order chi connectivity index (χ1) is 13.2. The van der Waals surface area contributed by atoms with E-state index in [0.717, 1.165) is 6.42 Å². The van der Waals surface area contributed by atoms with Gasteiger partial charge in [0, 0.05) is 20.1 Å². The lowest BCUT2D eigenvalue weighted by Gasteiger charge is -2.17. The van der Waals surface area contributed by atoms with Crippen LogP contribution < -0.4 is 0 Å².